The Labute approximate surface area is 170 Å². The minimum atomic E-state index is -0.212. The number of aliphatic hydroxyl groups excluding tert-OH is 1. The summed E-state index contributed by atoms with van der Waals surface area (Å²) < 4.78 is 15.2. The van der Waals surface area contributed by atoms with Gasteiger partial charge in [0, 0.05) is 69.7 Å². The van der Waals surface area contributed by atoms with Crippen molar-refractivity contribution in [2.24, 2.45) is 0 Å². The lowest BCUT2D eigenvalue weighted by atomic mass is 10.1. The van der Waals surface area contributed by atoms with Crippen molar-refractivity contribution in [2.75, 3.05) is 26.2 Å². The maximum atomic E-state index is 13.2. The Morgan fingerprint density at radius 3 is 2.55 bits per heavy atom. The topological polar surface area (TPSA) is 57.4 Å². The van der Waals surface area contributed by atoms with Crippen molar-refractivity contribution in [1.29, 1.82) is 0 Å². The summed E-state index contributed by atoms with van der Waals surface area (Å²) in [6.07, 6.45) is 6.20. The van der Waals surface area contributed by atoms with E-state index in [1.165, 1.54) is 12.1 Å². The predicted octanol–water partition coefficient (Wildman–Crippen LogP) is 2.48. The molecule has 4 rings (SSSR count). The van der Waals surface area contributed by atoms with E-state index in [2.05, 4.69) is 25.8 Å². The van der Waals surface area contributed by atoms with Crippen LogP contribution in [-0.4, -0.2) is 61.7 Å². The van der Waals surface area contributed by atoms with Crippen molar-refractivity contribution in [3.05, 3.63) is 78.1 Å². The van der Waals surface area contributed by atoms with Gasteiger partial charge in [0.15, 0.2) is 0 Å². The van der Waals surface area contributed by atoms with E-state index in [0.29, 0.717) is 5.95 Å². The average molecular weight is 395 g/mol. The summed E-state index contributed by atoms with van der Waals surface area (Å²) in [5.41, 5.74) is 2.24. The van der Waals surface area contributed by atoms with Crippen LogP contribution in [0.5, 0.6) is 0 Å². The van der Waals surface area contributed by atoms with Crippen LogP contribution < -0.4 is 0 Å². The normalized spacial score (nSPS) is 18.2. The molecule has 3 aromatic rings. The van der Waals surface area contributed by atoms with Crippen LogP contribution in [0.1, 0.15) is 17.7 Å². The van der Waals surface area contributed by atoms with E-state index in [-0.39, 0.29) is 18.5 Å². The highest BCUT2D eigenvalue weighted by Gasteiger charge is 2.27. The summed E-state index contributed by atoms with van der Waals surface area (Å²) in [7, 11) is 0. The lowest BCUT2D eigenvalue weighted by Crippen LogP contribution is -2.52. The minimum Gasteiger partial charge on any atom is -0.396 e. The average Bonchev–Trinajstić information content (AvgIpc) is 3.20. The molecule has 0 radical (unpaired) electrons. The van der Waals surface area contributed by atoms with Crippen molar-refractivity contribution < 1.29 is 9.50 Å². The lowest BCUT2D eigenvalue weighted by Gasteiger charge is -2.41. The van der Waals surface area contributed by atoms with E-state index >= 15 is 0 Å². The van der Waals surface area contributed by atoms with Gasteiger partial charge in [0.25, 0.3) is 0 Å². The minimum absolute atomic E-state index is 0.159. The van der Waals surface area contributed by atoms with E-state index in [0.717, 1.165) is 50.4 Å². The number of aliphatic hydroxyl groups is 1. The molecule has 7 heteroatoms. The van der Waals surface area contributed by atoms with Gasteiger partial charge in [-0.05, 0) is 42.3 Å². The molecule has 0 bridgehead atoms. The second-order valence-corrected chi connectivity index (χ2v) is 7.42. The Kier molecular flexibility index (Phi) is 6.29. The first kappa shape index (κ1) is 19.7. The number of hydrogen-bond acceptors (Lipinski definition) is 5. The van der Waals surface area contributed by atoms with E-state index in [4.69, 9.17) is 0 Å². The molecule has 29 heavy (non-hydrogen) atoms. The largest absolute Gasteiger partial charge is 0.396 e. The third-order valence-corrected chi connectivity index (χ3v) is 5.44. The molecule has 1 aliphatic heterocycles. The van der Waals surface area contributed by atoms with Crippen LogP contribution in [0, 0.1) is 5.82 Å². The van der Waals surface area contributed by atoms with Crippen LogP contribution in [0.3, 0.4) is 0 Å². The fraction of sp³-hybridized carbons (Fsp3) is 0.364. The third-order valence-electron chi connectivity index (χ3n) is 5.44. The lowest BCUT2D eigenvalue weighted by molar-refractivity contribution is 0.0491. The van der Waals surface area contributed by atoms with Gasteiger partial charge < -0.3 is 5.11 Å². The zero-order valence-electron chi connectivity index (χ0n) is 16.4. The second-order valence-electron chi connectivity index (χ2n) is 7.42. The summed E-state index contributed by atoms with van der Waals surface area (Å²) in [5, 5.41) is 9.56. The molecule has 152 valence electrons. The fourth-order valence-corrected chi connectivity index (χ4v) is 3.94. The SMILES string of the molecule is OCC[C@H]1CN(Cc2cccn2-c2ncccn2)CCN1Cc1ccc(F)cc1. The molecule has 0 saturated carbocycles. The first-order chi connectivity index (χ1) is 14.2. The summed E-state index contributed by atoms with van der Waals surface area (Å²) in [5.74, 6) is 0.463. The Bertz CT molecular complexity index is 899. The number of piperazine rings is 1. The zero-order valence-corrected chi connectivity index (χ0v) is 16.4. The van der Waals surface area contributed by atoms with Crippen LogP contribution >= 0.6 is 0 Å². The fourth-order valence-electron chi connectivity index (χ4n) is 3.94. The van der Waals surface area contributed by atoms with Gasteiger partial charge in [0.1, 0.15) is 5.82 Å². The molecule has 3 heterocycles. The summed E-state index contributed by atoms with van der Waals surface area (Å²) in [4.78, 5) is 13.5. The maximum Gasteiger partial charge on any atom is 0.233 e. The van der Waals surface area contributed by atoms with Crippen LogP contribution in [0.4, 0.5) is 4.39 Å². The van der Waals surface area contributed by atoms with E-state index in [1.807, 2.05) is 35.0 Å². The maximum absolute atomic E-state index is 13.2. The number of nitrogens with zero attached hydrogens (tertiary/aromatic N) is 5. The van der Waals surface area contributed by atoms with Gasteiger partial charge in [-0.2, -0.15) is 0 Å². The molecule has 1 fully saturated rings. The van der Waals surface area contributed by atoms with Gasteiger partial charge >= 0.3 is 0 Å². The van der Waals surface area contributed by atoms with Gasteiger partial charge in [-0.3, -0.25) is 14.4 Å². The van der Waals surface area contributed by atoms with Crippen molar-refractivity contribution >= 4 is 0 Å². The molecule has 1 aliphatic rings. The van der Waals surface area contributed by atoms with Crippen molar-refractivity contribution in [3.8, 4) is 5.95 Å². The van der Waals surface area contributed by atoms with Gasteiger partial charge in [-0.1, -0.05) is 12.1 Å². The van der Waals surface area contributed by atoms with Crippen molar-refractivity contribution in [1.82, 2.24) is 24.3 Å². The Hall–Kier alpha value is -2.61. The van der Waals surface area contributed by atoms with Crippen molar-refractivity contribution in [3.63, 3.8) is 0 Å². The van der Waals surface area contributed by atoms with Gasteiger partial charge in [-0.15, -0.1) is 0 Å². The zero-order chi connectivity index (χ0) is 20.1. The van der Waals surface area contributed by atoms with E-state index in [1.54, 1.807) is 12.4 Å². The molecule has 1 saturated heterocycles. The molecule has 2 aromatic heterocycles. The Balaban J connectivity index is 1.42. The summed E-state index contributed by atoms with van der Waals surface area (Å²) >= 11 is 0. The Morgan fingerprint density at radius 1 is 1.00 bits per heavy atom. The van der Waals surface area contributed by atoms with Gasteiger partial charge in [0.2, 0.25) is 5.95 Å². The highest BCUT2D eigenvalue weighted by atomic mass is 19.1. The molecule has 1 aromatic carbocycles. The number of halogens is 1. The second kappa shape index (κ2) is 9.26. The van der Waals surface area contributed by atoms with Gasteiger partial charge in [-0.25, -0.2) is 14.4 Å². The third kappa shape index (κ3) is 4.87. The van der Waals surface area contributed by atoms with Gasteiger partial charge in [0.05, 0.1) is 0 Å². The molecular weight excluding hydrogens is 369 g/mol. The standard InChI is InChI=1S/C22H26FN5O/c23-19-6-4-18(5-7-19)15-27-13-12-26(16-20(27)8-14-29)17-21-3-1-11-28(21)22-24-9-2-10-25-22/h1-7,9-11,20,29H,8,12-17H2/t20-/m0/s1. The monoisotopic (exact) mass is 395 g/mol. The predicted molar refractivity (Wildman–Crippen MR) is 109 cm³/mol. The highest BCUT2D eigenvalue weighted by molar-refractivity contribution is 5.21. The van der Waals surface area contributed by atoms with Crippen LogP contribution in [0.15, 0.2) is 61.1 Å². The molecule has 0 spiro atoms. The molecule has 0 unspecified atom stereocenters. The van der Waals surface area contributed by atoms with E-state index in [9.17, 15) is 9.50 Å². The Morgan fingerprint density at radius 2 is 1.79 bits per heavy atom. The number of benzene rings is 1. The van der Waals surface area contributed by atoms with Crippen LogP contribution in [0.2, 0.25) is 0 Å². The van der Waals surface area contributed by atoms with Crippen LogP contribution in [-0.2, 0) is 13.1 Å². The first-order valence-electron chi connectivity index (χ1n) is 9.98. The molecule has 1 N–H and O–H groups in total. The number of rotatable bonds is 7. The molecule has 0 amide bonds. The molecule has 6 nitrogen and oxygen atoms in total. The smallest absolute Gasteiger partial charge is 0.233 e. The summed E-state index contributed by atoms with van der Waals surface area (Å²) in [6, 6.07) is 12.9. The first-order valence-corrected chi connectivity index (χ1v) is 9.98. The number of hydrogen-bond donors (Lipinski definition) is 1. The van der Waals surface area contributed by atoms with Crippen LogP contribution in [0.25, 0.3) is 5.95 Å². The summed E-state index contributed by atoms with van der Waals surface area (Å²) in [6.45, 7) is 4.45. The van der Waals surface area contributed by atoms with Crippen molar-refractivity contribution in [2.45, 2.75) is 25.6 Å². The number of aromatic nitrogens is 3. The quantitative estimate of drug-likeness (QED) is 0.666. The van der Waals surface area contributed by atoms with E-state index < -0.39 is 0 Å². The molecular formula is C22H26FN5O. The highest BCUT2D eigenvalue weighted by Crippen LogP contribution is 2.19. The molecule has 1 atom stereocenters. The molecule has 0 aliphatic carbocycles.